The molecule has 176 valence electrons. The van der Waals surface area contributed by atoms with E-state index in [9.17, 15) is 14.0 Å². The molecule has 0 saturated heterocycles. The summed E-state index contributed by atoms with van der Waals surface area (Å²) in [6, 6.07) is 9.84. The second kappa shape index (κ2) is 10.1. The van der Waals surface area contributed by atoms with E-state index in [-0.39, 0.29) is 36.0 Å². The van der Waals surface area contributed by atoms with E-state index in [0.29, 0.717) is 34.1 Å². The van der Waals surface area contributed by atoms with Crippen LogP contribution in [0.2, 0.25) is 0 Å². The molecule has 0 aliphatic rings. The van der Waals surface area contributed by atoms with Crippen LogP contribution < -0.4 is 14.2 Å². The van der Waals surface area contributed by atoms with Gasteiger partial charge < -0.3 is 9.47 Å². The molecule has 34 heavy (non-hydrogen) atoms. The summed E-state index contributed by atoms with van der Waals surface area (Å²) in [4.78, 5) is 30.3. The van der Waals surface area contributed by atoms with E-state index in [2.05, 4.69) is 10.1 Å². The summed E-state index contributed by atoms with van der Waals surface area (Å²) in [5.74, 6) is 1.04. The van der Waals surface area contributed by atoms with Gasteiger partial charge in [-0.2, -0.15) is 5.10 Å². The van der Waals surface area contributed by atoms with Crippen molar-refractivity contribution in [3.63, 3.8) is 0 Å². The fraction of sp³-hybridized carbons (Fsp3) is 0.280. The standard InChI is InChI=1S/C25H24FN3O4S/c1-4-12-29-25(27-24(28-29)17-14-34-23-16(17)6-5-7-18(23)26)20(31)10-9-19(30)15-8-11-21(32-2)22(13-15)33-3/h5-8,11,13-14H,4,9-10,12H2,1-3H3/p+1. The highest BCUT2D eigenvalue weighted by molar-refractivity contribution is 7.17. The Labute approximate surface area is 200 Å². The molecule has 0 spiro atoms. The normalized spacial score (nSPS) is 11.1. The molecule has 0 unspecified atom stereocenters. The highest BCUT2D eigenvalue weighted by Crippen LogP contribution is 2.33. The van der Waals surface area contributed by atoms with Crippen LogP contribution >= 0.6 is 11.3 Å². The maximum atomic E-state index is 14.1. The number of aryl methyl sites for hydroxylation is 1. The molecular weight excluding hydrogens is 457 g/mol. The highest BCUT2D eigenvalue weighted by atomic mass is 32.1. The molecular formula is C25H25FN3O4S+. The number of nitrogens with zero attached hydrogens (tertiary/aromatic N) is 2. The molecule has 2 heterocycles. The van der Waals surface area contributed by atoms with Gasteiger partial charge in [0.2, 0.25) is 0 Å². The van der Waals surface area contributed by atoms with E-state index in [1.165, 1.54) is 31.6 Å². The number of nitrogens with one attached hydrogen (secondary N) is 1. The lowest BCUT2D eigenvalue weighted by atomic mass is 10.0. The van der Waals surface area contributed by atoms with Crippen LogP contribution in [0.4, 0.5) is 4.39 Å². The topological polar surface area (TPSA) is 85.2 Å². The number of H-pyrrole nitrogens is 1. The van der Waals surface area contributed by atoms with Gasteiger partial charge in [-0.05, 0) is 35.7 Å². The lowest BCUT2D eigenvalue weighted by Crippen LogP contribution is -2.41. The molecule has 2 aromatic heterocycles. The number of aromatic amines is 1. The number of aromatic nitrogens is 3. The lowest BCUT2D eigenvalue weighted by Gasteiger charge is -2.08. The third kappa shape index (κ3) is 4.56. The van der Waals surface area contributed by atoms with Crippen molar-refractivity contribution in [1.29, 1.82) is 0 Å². The van der Waals surface area contributed by atoms with Gasteiger partial charge in [-0.3, -0.25) is 9.59 Å². The molecule has 7 nitrogen and oxygen atoms in total. The van der Waals surface area contributed by atoms with Crippen LogP contribution in [0.15, 0.2) is 41.8 Å². The molecule has 0 amide bonds. The summed E-state index contributed by atoms with van der Waals surface area (Å²) in [6.07, 6.45) is 0.839. The van der Waals surface area contributed by atoms with Crippen molar-refractivity contribution in [2.24, 2.45) is 0 Å². The predicted octanol–water partition coefficient (Wildman–Crippen LogP) is 4.99. The number of halogens is 1. The largest absolute Gasteiger partial charge is 0.493 e. The van der Waals surface area contributed by atoms with Crippen molar-refractivity contribution in [2.45, 2.75) is 32.7 Å². The maximum Gasteiger partial charge on any atom is 0.387 e. The monoisotopic (exact) mass is 482 g/mol. The van der Waals surface area contributed by atoms with Crippen molar-refractivity contribution < 1.29 is 28.1 Å². The molecule has 4 rings (SSSR count). The lowest BCUT2D eigenvalue weighted by molar-refractivity contribution is -0.752. The first-order chi connectivity index (χ1) is 16.5. The minimum absolute atomic E-state index is 0.0141. The van der Waals surface area contributed by atoms with Gasteiger partial charge in [0.05, 0.1) is 24.5 Å². The predicted molar refractivity (Wildman–Crippen MR) is 127 cm³/mol. The summed E-state index contributed by atoms with van der Waals surface area (Å²) in [5, 5.41) is 5.75. The number of rotatable bonds is 10. The summed E-state index contributed by atoms with van der Waals surface area (Å²) in [6.45, 7) is 2.56. The van der Waals surface area contributed by atoms with Crippen molar-refractivity contribution in [1.82, 2.24) is 10.1 Å². The minimum Gasteiger partial charge on any atom is -0.493 e. The number of benzene rings is 2. The Bertz CT molecular complexity index is 1360. The number of thiophene rings is 1. The zero-order valence-corrected chi connectivity index (χ0v) is 20.0. The Kier molecular flexibility index (Phi) is 7.02. The third-order valence-corrected chi connectivity index (χ3v) is 6.51. The molecule has 0 aliphatic heterocycles. The van der Waals surface area contributed by atoms with E-state index < -0.39 is 0 Å². The van der Waals surface area contributed by atoms with Gasteiger partial charge >= 0.3 is 5.82 Å². The maximum absolute atomic E-state index is 14.1. The fourth-order valence-corrected chi connectivity index (χ4v) is 4.75. The van der Waals surface area contributed by atoms with Crippen LogP contribution in [0, 0.1) is 5.82 Å². The molecule has 0 bridgehead atoms. The Hall–Kier alpha value is -3.59. The molecule has 4 aromatic rings. The molecule has 0 aliphatic carbocycles. The first kappa shape index (κ1) is 23.6. The summed E-state index contributed by atoms with van der Waals surface area (Å²) in [7, 11) is 3.03. The number of ether oxygens (including phenoxy) is 2. The van der Waals surface area contributed by atoms with Crippen LogP contribution in [0.25, 0.3) is 21.5 Å². The molecule has 2 aromatic carbocycles. The Morgan fingerprint density at radius 2 is 1.85 bits per heavy atom. The summed E-state index contributed by atoms with van der Waals surface area (Å²) >= 11 is 1.30. The number of fused-ring (bicyclic) bond motifs is 1. The van der Waals surface area contributed by atoms with Gasteiger partial charge in [-0.25, -0.2) is 4.39 Å². The molecule has 0 saturated carbocycles. The zero-order chi connectivity index (χ0) is 24.2. The molecule has 0 fully saturated rings. The molecule has 0 atom stereocenters. The van der Waals surface area contributed by atoms with Crippen molar-refractivity contribution in [2.75, 3.05) is 14.2 Å². The Morgan fingerprint density at radius 3 is 2.59 bits per heavy atom. The molecule has 9 heteroatoms. The number of carbonyl (C=O) groups excluding carboxylic acids is 2. The summed E-state index contributed by atoms with van der Waals surface area (Å²) in [5.41, 5.74) is 1.19. The van der Waals surface area contributed by atoms with Gasteiger partial charge in [0, 0.05) is 29.2 Å². The van der Waals surface area contributed by atoms with E-state index in [1.807, 2.05) is 18.4 Å². The van der Waals surface area contributed by atoms with E-state index in [1.54, 1.807) is 28.9 Å². The number of carbonyl (C=O) groups is 2. The average molecular weight is 483 g/mol. The fourth-order valence-electron chi connectivity index (χ4n) is 3.79. The van der Waals surface area contributed by atoms with Gasteiger partial charge in [-0.1, -0.05) is 19.1 Å². The minimum atomic E-state index is -0.285. The zero-order valence-electron chi connectivity index (χ0n) is 19.2. The first-order valence-electron chi connectivity index (χ1n) is 10.9. The van der Waals surface area contributed by atoms with E-state index >= 15 is 0 Å². The third-order valence-electron chi connectivity index (χ3n) is 5.50. The van der Waals surface area contributed by atoms with Gasteiger partial charge in [0.15, 0.2) is 17.3 Å². The molecule has 0 radical (unpaired) electrons. The highest BCUT2D eigenvalue weighted by Gasteiger charge is 2.29. The Balaban J connectivity index is 1.55. The quantitative estimate of drug-likeness (QED) is 0.254. The number of hydrogen-bond acceptors (Lipinski definition) is 6. The average Bonchev–Trinajstić information content (AvgIpc) is 3.47. The van der Waals surface area contributed by atoms with Crippen LogP contribution in [0.5, 0.6) is 11.5 Å². The number of methoxy groups -OCH3 is 2. The van der Waals surface area contributed by atoms with E-state index in [4.69, 9.17) is 9.47 Å². The smallest absolute Gasteiger partial charge is 0.387 e. The SMILES string of the molecule is CCC[n+]1[nH]c(-c2csc3c(F)cccc23)nc1C(=O)CCC(=O)c1ccc(OC)c(OC)c1. The van der Waals surface area contributed by atoms with Crippen molar-refractivity contribution in [3.8, 4) is 22.9 Å². The number of ketones is 2. The van der Waals surface area contributed by atoms with Crippen LogP contribution in [0.1, 0.15) is 47.2 Å². The first-order valence-corrected chi connectivity index (χ1v) is 11.8. The van der Waals surface area contributed by atoms with Crippen molar-refractivity contribution in [3.05, 3.63) is 59.0 Å². The summed E-state index contributed by atoms with van der Waals surface area (Å²) < 4.78 is 26.8. The van der Waals surface area contributed by atoms with Gasteiger partial charge in [-0.15, -0.1) is 16.0 Å². The van der Waals surface area contributed by atoms with Crippen LogP contribution in [-0.2, 0) is 6.54 Å². The number of Topliss-reactive ketones (excluding diaryl/α,β-unsaturated/α-hetero) is 2. The van der Waals surface area contributed by atoms with Crippen LogP contribution in [0.3, 0.4) is 0 Å². The van der Waals surface area contributed by atoms with E-state index in [0.717, 1.165) is 17.4 Å². The van der Waals surface area contributed by atoms with Crippen LogP contribution in [-0.4, -0.2) is 35.9 Å². The number of hydrogen-bond donors (Lipinski definition) is 1. The molecule has 1 N–H and O–H groups in total. The van der Waals surface area contributed by atoms with Crippen molar-refractivity contribution >= 4 is 33.0 Å². The Morgan fingerprint density at radius 1 is 1.09 bits per heavy atom. The van der Waals surface area contributed by atoms with Gasteiger partial charge in [0.25, 0.3) is 11.6 Å². The second-order valence-corrected chi connectivity index (χ2v) is 8.61. The second-order valence-electron chi connectivity index (χ2n) is 7.73. The van der Waals surface area contributed by atoms with Gasteiger partial charge in [0.1, 0.15) is 12.4 Å².